The van der Waals surface area contributed by atoms with Crippen molar-refractivity contribution in [1.82, 2.24) is 19.4 Å². The standard InChI is InChI=1S/C23H22N4O3S/c1-2-27-18-10-9-14(12-17(18)24-20(28)23(27)30)22(29)26-11-5-6-15(13-26)21-25-16-7-3-4-8-19(16)31-21/h3-4,7-10,12,15H,2,5-6,11,13H2,1H3,(H,24,28)/t15-/m0/s1. The molecule has 8 heteroatoms. The fourth-order valence-corrected chi connectivity index (χ4v) is 5.43. The first kappa shape index (κ1) is 19.7. The fourth-order valence-electron chi connectivity index (χ4n) is 4.34. The van der Waals surface area contributed by atoms with Crippen LogP contribution in [0.1, 0.15) is 41.0 Å². The molecule has 158 valence electrons. The molecule has 0 radical (unpaired) electrons. The third-order valence-corrected chi connectivity index (χ3v) is 7.11. The van der Waals surface area contributed by atoms with Gasteiger partial charge in [0, 0.05) is 31.1 Å². The molecule has 5 rings (SSSR count). The van der Waals surface area contributed by atoms with Gasteiger partial charge in [-0.1, -0.05) is 12.1 Å². The number of aryl methyl sites for hydroxylation is 1. The van der Waals surface area contributed by atoms with Gasteiger partial charge in [-0.15, -0.1) is 11.3 Å². The fraction of sp³-hybridized carbons (Fsp3) is 0.304. The predicted molar refractivity (Wildman–Crippen MR) is 122 cm³/mol. The largest absolute Gasteiger partial charge is 0.338 e. The van der Waals surface area contributed by atoms with E-state index in [0.717, 1.165) is 23.4 Å². The molecule has 0 bridgehead atoms. The van der Waals surface area contributed by atoms with Crippen molar-refractivity contribution in [3.63, 3.8) is 0 Å². The zero-order chi connectivity index (χ0) is 21.5. The number of aromatic nitrogens is 3. The Labute approximate surface area is 182 Å². The van der Waals surface area contributed by atoms with Crippen LogP contribution >= 0.6 is 11.3 Å². The summed E-state index contributed by atoms with van der Waals surface area (Å²) in [6.07, 6.45) is 1.93. The summed E-state index contributed by atoms with van der Waals surface area (Å²) in [5, 5.41) is 1.08. The van der Waals surface area contributed by atoms with Gasteiger partial charge < -0.3 is 14.5 Å². The molecule has 1 fully saturated rings. The van der Waals surface area contributed by atoms with Crippen LogP contribution in [0.5, 0.6) is 0 Å². The number of amides is 1. The average Bonchev–Trinajstić information content (AvgIpc) is 3.24. The van der Waals surface area contributed by atoms with Crippen molar-refractivity contribution in [2.24, 2.45) is 0 Å². The summed E-state index contributed by atoms with van der Waals surface area (Å²) in [5.41, 5.74) is 1.38. The van der Waals surface area contributed by atoms with Crippen molar-refractivity contribution in [3.8, 4) is 0 Å². The quantitative estimate of drug-likeness (QED) is 0.501. The summed E-state index contributed by atoms with van der Waals surface area (Å²) in [6.45, 7) is 3.53. The van der Waals surface area contributed by atoms with Crippen LogP contribution in [0.25, 0.3) is 21.3 Å². The zero-order valence-electron chi connectivity index (χ0n) is 17.1. The number of aromatic amines is 1. The summed E-state index contributed by atoms with van der Waals surface area (Å²) < 4.78 is 2.59. The minimum Gasteiger partial charge on any atom is -0.338 e. The average molecular weight is 435 g/mol. The molecule has 4 aromatic rings. The van der Waals surface area contributed by atoms with Crippen LogP contribution < -0.4 is 11.1 Å². The van der Waals surface area contributed by atoms with E-state index >= 15 is 0 Å². The summed E-state index contributed by atoms with van der Waals surface area (Å²) in [6, 6.07) is 13.2. The van der Waals surface area contributed by atoms with Crippen LogP contribution in [0.2, 0.25) is 0 Å². The molecule has 1 saturated heterocycles. The lowest BCUT2D eigenvalue weighted by atomic mass is 9.98. The van der Waals surface area contributed by atoms with Gasteiger partial charge in [0.25, 0.3) is 5.91 Å². The molecule has 31 heavy (non-hydrogen) atoms. The van der Waals surface area contributed by atoms with Gasteiger partial charge in [0.2, 0.25) is 0 Å². The number of fused-ring (bicyclic) bond motifs is 2. The lowest BCUT2D eigenvalue weighted by molar-refractivity contribution is 0.0707. The molecule has 0 spiro atoms. The molecule has 1 aliphatic heterocycles. The van der Waals surface area contributed by atoms with Crippen molar-refractivity contribution in [2.45, 2.75) is 32.2 Å². The first-order chi connectivity index (χ1) is 15.0. The second-order valence-corrected chi connectivity index (χ2v) is 8.91. The smallest absolute Gasteiger partial charge is 0.316 e. The Balaban J connectivity index is 1.44. The Morgan fingerprint density at radius 3 is 2.87 bits per heavy atom. The number of hydrogen-bond acceptors (Lipinski definition) is 5. The monoisotopic (exact) mass is 434 g/mol. The molecule has 2 aromatic heterocycles. The molecular formula is C23H22N4O3S. The van der Waals surface area contributed by atoms with Crippen LogP contribution in [-0.2, 0) is 6.54 Å². The number of piperidine rings is 1. The molecule has 3 heterocycles. The number of carbonyl (C=O) groups excluding carboxylic acids is 1. The molecule has 1 N–H and O–H groups in total. The first-order valence-corrected chi connectivity index (χ1v) is 11.3. The molecule has 0 aliphatic carbocycles. The van der Waals surface area contributed by atoms with Gasteiger partial charge in [-0.05, 0) is 50.1 Å². The highest BCUT2D eigenvalue weighted by atomic mass is 32.1. The van der Waals surface area contributed by atoms with E-state index in [-0.39, 0.29) is 11.8 Å². The van der Waals surface area contributed by atoms with Crippen molar-refractivity contribution in [3.05, 3.63) is 73.7 Å². The van der Waals surface area contributed by atoms with Crippen molar-refractivity contribution >= 4 is 38.5 Å². The van der Waals surface area contributed by atoms with Crippen molar-refractivity contribution in [2.75, 3.05) is 13.1 Å². The molecule has 1 aliphatic rings. The molecule has 2 aromatic carbocycles. The topological polar surface area (TPSA) is 88.1 Å². The summed E-state index contributed by atoms with van der Waals surface area (Å²) >= 11 is 1.70. The molecule has 7 nitrogen and oxygen atoms in total. The van der Waals surface area contributed by atoms with Crippen LogP contribution in [0, 0.1) is 0 Å². The number of nitrogens with zero attached hydrogens (tertiary/aromatic N) is 3. The predicted octanol–water partition coefficient (Wildman–Crippen LogP) is 3.34. The zero-order valence-corrected chi connectivity index (χ0v) is 17.9. The van der Waals surface area contributed by atoms with E-state index in [4.69, 9.17) is 4.98 Å². The van der Waals surface area contributed by atoms with Crippen LogP contribution in [0.15, 0.2) is 52.1 Å². The number of rotatable bonds is 3. The van der Waals surface area contributed by atoms with Gasteiger partial charge in [-0.2, -0.15) is 0 Å². The number of benzene rings is 2. The normalized spacial score (nSPS) is 16.8. The highest BCUT2D eigenvalue weighted by Crippen LogP contribution is 2.33. The van der Waals surface area contributed by atoms with Gasteiger partial charge in [0.05, 0.1) is 26.3 Å². The van der Waals surface area contributed by atoms with E-state index in [1.165, 1.54) is 9.27 Å². The first-order valence-electron chi connectivity index (χ1n) is 10.5. The van der Waals surface area contributed by atoms with E-state index in [1.54, 1.807) is 29.5 Å². The van der Waals surface area contributed by atoms with E-state index in [1.807, 2.05) is 30.0 Å². The van der Waals surface area contributed by atoms with Crippen LogP contribution in [0.4, 0.5) is 0 Å². The lowest BCUT2D eigenvalue weighted by Gasteiger charge is -2.32. The summed E-state index contributed by atoms with van der Waals surface area (Å²) in [5.74, 6) is 0.156. The SMILES string of the molecule is CCn1c(=O)c(=O)[nH]c2cc(C(=O)N3CCC[C@H](c4nc5ccccc5s4)C3)ccc21. The molecule has 0 unspecified atom stereocenters. The number of thiazole rings is 1. The van der Waals surface area contributed by atoms with Gasteiger partial charge in [-0.3, -0.25) is 14.4 Å². The minimum absolute atomic E-state index is 0.0668. The van der Waals surface area contributed by atoms with Gasteiger partial charge in [-0.25, -0.2) is 4.98 Å². The number of carbonyl (C=O) groups is 1. The minimum atomic E-state index is -0.673. The number of para-hydroxylation sites is 1. The Bertz CT molecular complexity index is 1380. The second-order valence-electron chi connectivity index (χ2n) is 7.85. The highest BCUT2D eigenvalue weighted by molar-refractivity contribution is 7.18. The van der Waals surface area contributed by atoms with Crippen molar-refractivity contribution < 1.29 is 4.79 Å². The Kier molecular flexibility index (Phi) is 4.94. The van der Waals surface area contributed by atoms with Gasteiger partial charge >= 0.3 is 11.1 Å². The Morgan fingerprint density at radius 1 is 1.23 bits per heavy atom. The Morgan fingerprint density at radius 2 is 2.06 bits per heavy atom. The number of likely N-dealkylation sites (tertiary alicyclic amines) is 1. The number of hydrogen-bond donors (Lipinski definition) is 1. The van der Waals surface area contributed by atoms with E-state index < -0.39 is 11.1 Å². The summed E-state index contributed by atoms with van der Waals surface area (Å²) in [4.78, 5) is 46.6. The van der Waals surface area contributed by atoms with Gasteiger partial charge in [0.15, 0.2) is 0 Å². The van der Waals surface area contributed by atoms with E-state index in [9.17, 15) is 14.4 Å². The molecular weight excluding hydrogens is 412 g/mol. The third-order valence-electron chi connectivity index (χ3n) is 5.91. The maximum Gasteiger partial charge on any atom is 0.316 e. The number of nitrogens with one attached hydrogen (secondary N) is 1. The Hall–Kier alpha value is -3.26. The van der Waals surface area contributed by atoms with Crippen molar-refractivity contribution in [1.29, 1.82) is 0 Å². The summed E-state index contributed by atoms with van der Waals surface area (Å²) in [7, 11) is 0. The van der Waals surface area contributed by atoms with E-state index in [2.05, 4.69) is 11.1 Å². The number of H-pyrrole nitrogens is 1. The molecule has 1 amide bonds. The van der Waals surface area contributed by atoms with Crippen LogP contribution in [-0.4, -0.2) is 38.4 Å². The van der Waals surface area contributed by atoms with E-state index in [0.29, 0.717) is 36.2 Å². The molecule has 1 atom stereocenters. The highest BCUT2D eigenvalue weighted by Gasteiger charge is 2.27. The lowest BCUT2D eigenvalue weighted by Crippen LogP contribution is -2.39. The maximum absolute atomic E-state index is 13.2. The third kappa shape index (κ3) is 3.46. The second kappa shape index (κ2) is 7.77. The molecule has 0 saturated carbocycles. The maximum atomic E-state index is 13.2. The van der Waals surface area contributed by atoms with Crippen LogP contribution in [0.3, 0.4) is 0 Å². The van der Waals surface area contributed by atoms with Gasteiger partial charge in [0.1, 0.15) is 0 Å².